The van der Waals surface area contributed by atoms with Gasteiger partial charge in [0, 0.05) is 56.0 Å². The Bertz CT molecular complexity index is 1230. The van der Waals surface area contributed by atoms with Crippen LogP contribution in [0.1, 0.15) is 59.7 Å². The highest BCUT2D eigenvalue weighted by Gasteiger charge is 2.29. The number of terminal acetylenes is 1. The highest BCUT2D eigenvalue weighted by molar-refractivity contribution is 5.94. The molecular weight excluding hydrogens is 514 g/mol. The number of methoxy groups -OCH3 is 1. The molecule has 4 heterocycles. The van der Waals surface area contributed by atoms with E-state index >= 15 is 0 Å². The van der Waals surface area contributed by atoms with Crippen molar-refractivity contribution in [3.63, 3.8) is 0 Å². The molecule has 2 saturated heterocycles. The number of nitrogen functional groups attached to an aromatic ring is 1. The van der Waals surface area contributed by atoms with Crippen LogP contribution in [-0.2, 0) is 17.6 Å². The molecule has 3 aliphatic heterocycles. The second kappa shape index (κ2) is 15.2. The molecule has 9 heteroatoms. The molecule has 0 bridgehead atoms. The van der Waals surface area contributed by atoms with Crippen molar-refractivity contribution in [3.8, 4) is 18.9 Å². The number of anilines is 2. The number of carbonyl (C=O) groups is 1. The van der Waals surface area contributed by atoms with Gasteiger partial charge in [-0.2, -0.15) is 9.97 Å². The van der Waals surface area contributed by atoms with Gasteiger partial charge in [0.05, 0.1) is 24.2 Å². The molecule has 1 aromatic carbocycles. The minimum atomic E-state index is -0.0114. The van der Waals surface area contributed by atoms with Crippen LogP contribution in [0.25, 0.3) is 0 Å². The third-order valence-electron chi connectivity index (χ3n) is 8.15. The first-order valence-electron chi connectivity index (χ1n) is 14.4. The van der Waals surface area contributed by atoms with Gasteiger partial charge in [-0.15, -0.1) is 12.8 Å². The number of ether oxygens (including phenoxy) is 1. The van der Waals surface area contributed by atoms with E-state index in [1.54, 1.807) is 7.11 Å². The predicted octanol–water partition coefficient (Wildman–Crippen LogP) is 3.83. The number of aromatic nitrogens is 2. The molecule has 0 unspecified atom stereocenters. The molecule has 3 N–H and O–H groups in total. The first-order valence-corrected chi connectivity index (χ1v) is 14.4. The summed E-state index contributed by atoms with van der Waals surface area (Å²) in [5, 5.41) is 7.90. The van der Waals surface area contributed by atoms with Crippen molar-refractivity contribution in [2.45, 2.75) is 51.4 Å². The van der Waals surface area contributed by atoms with Gasteiger partial charge in [0.1, 0.15) is 0 Å². The third-order valence-corrected chi connectivity index (χ3v) is 8.15. The third kappa shape index (κ3) is 7.65. The maximum absolute atomic E-state index is 12.0. The summed E-state index contributed by atoms with van der Waals surface area (Å²) in [5.74, 6) is 0.255. The summed E-state index contributed by atoms with van der Waals surface area (Å²) in [4.78, 5) is 28.0. The van der Waals surface area contributed by atoms with Crippen molar-refractivity contribution in [1.82, 2.24) is 19.8 Å². The van der Waals surface area contributed by atoms with Gasteiger partial charge in [0.25, 0.3) is 0 Å². The maximum atomic E-state index is 12.0. The molecule has 2 fully saturated rings. The number of nitrogens with zero attached hydrogens (tertiary/aromatic N) is 5. The molecule has 1 aromatic heterocycles. The van der Waals surface area contributed by atoms with Crippen molar-refractivity contribution in [3.05, 3.63) is 52.9 Å². The number of rotatable bonds is 5. The van der Waals surface area contributed by atoms with E-state index in [4.69, 9.17) is 25.8 Å². The van der Waals surface area contributed by atoms with E-state index in [2.05, 4.69) is 43.2 Å². The van der Waals surface area contributed by atoms with Gasteiger partial charge in [-0.05, 0) is 82.4 Å². The Labute approximate surface area is 245 Å². The molecule has 0 atom stereocenters. The lowest BCUT2D eigenvalue weighted by Gasteiger charge is -2.32. The fourth-order valence-electron chi connectivity index (χ4n) is 5.94. The van der Waals surface area contributed by atoms with Gasteiger partial charge >= 0.3 is 6.01 Å². The zero-order valence-electron chi connectivity index (χ0n) is 24.9. The number of likely N-dealkylation sites (tertiary alicyclic amines) is 2. The minimum Gasteiger partial charge on any atom is -0.467 e. The Morgan fingerprint density at radius 3 is 2.32 bits per heavy atom. The number of amides is 1. The van der Waals surface area contributed by atoms with Crippen molar-refractivity contribution < 1.29 is 9.53 Å². The molecule has 0 saturated carbocycles. The Kier molecular flexibility index (Phi) is 11.7. The maximum Gasteiger partial charge on any atom is 0.316 e. The average molecular weight is 560 g/mol. The largest absolute Gasteiger partial charge is 0.467 e. The van der Waals surface area contributed by atoms with E-state index in [0.717, 1.165) is 67.0 Å². The summed E-state index contributed by atoms with van der Waals surface area (Å²) in [6, 6.07) is 4.29. The van der Waals surface area contributed by atoms with Gasteiger partial charge in [0.15, 0.2) is 0 Å². The van der Waals surface area contributed by atoms with Gasteiger partial charge in [0.2, 0.25) is 5.91 Å². The second-order valence-corrected chi connectivity index (χ2v) is 10.7. The van der Waals surface area contributed by atoms with Gasteiger partial charge < -0.3 is 30.6 Å². The molecular formula is C32H45N7O2. The van der Waals surface area contributed by atoms with Crippen LogP contribution in [0.15, 0.2) is 24.8 Å². The van der Waals surface area contributed by atoms with Crippen molar-refractivity contribution in [1.29, 1.82) is 5.41 Å². The quantitative estimate of drug-likeness (QED) is 0.248. The monoisotopic (exact) mass is 559 g/mol. The number of piperidine rings is 1. The minimum absolute atomic E-state index is 0.0114. The van der Waals surface area contributed by atoms with Crippen LogP contribution < -0.4 is 15.4 Å². The Balaban J connectivity index is 0.000000505. The molecule has 0 radical (unpaired) electrons. The summed E-state index contributed by atoms with van der Waals surface area (Å²) in [6.45, 7) is 11.3. The summed E-state index contributed by atoms with van der Waals surface area (Å²) >= 11 is 0. The van der Waals surface area contributed by atoms with Crippen LogP contribution >= 0.6 is 0 Å². The standard InChI is InChI=1S/C25H32N6O2.C5H11N.C2H2/c1-4-22(32)30-11-7-17(8-12-30)23-18-9-13-31(14-10-21(18)28-25(29-23)33-3)24-16(2)5-6-20(27)19(24)15-26;1-6-4-2-3-5-6;1-2/h4-6,15,17,26H,1,7-14,27H2,2-3H3;2-5H2,1H3;1-2H. The molecule has 1 amide bonds. The van der Waals surface area contributed by atoms with E-state index in [1.807, 2.05) is 17.0 Å². The first kappa shape index (κ1) is 31.6. The van der Waals surface area contributed by atoms with Crippen LogP contribution in [-0.4, -0.2) is 85.3 Å². The Hall–Kier alpha value is -3.90. The number of hydrogen-bond donors (Lipinski definition) is 2. The average Bonchev–Trinajstić information content (AvgIpc) is 3.40. The van der Waals surface area contributed by atoms with Gasteiger partial charge in [-0.1, -0.05) is 12.6 Å². The van der Waals surface area contributed by atoms with Crippen molar-refractivity contribution in [2.24, 2.45) is 0 Å². The number of carbonyl (C=O) groups excluding carboxylic acids is 1. The van der Waals surface area contributed by atoms with Crippen molar-refractivity contribution >= 4 is 23.5 Å². The number of nitrogens with two attached hydrogens (primary N) is 1. The van der Waals surface area contributed by atoms with E-state index < -0.39 is 0 Å². The molecule has 5 rings (SSSR count). The summed E-state index contributed by atoms with van der Waals surface area (Å²) < 4.78 is 5.45. The Morgan fingerprint density at radius 1 is 1.10 bits per heavy atom. The number of nitrogens with one attached hydrogen (secondary N) is 1. The number of benzene rings is 1. The fraction of sp³-hybridized carbons (Fsp3) is 0.500. The van der Waals surface area contributed by atoms with Gasteiger partial charge in [-0.25, -0.2) is 0 Å². The smallest absolute Gasteiger partial charge is 0.316 e. The zero-order valence-corrected chi connectivity index (χ0v) is 24.9. The topological polar surface area (TPSA) is 112 Å². The molecule has 2 aromatic rings. The molecule has 9 nitrogen and oxygen atoms in total. The Morgan fingerprint density at radius 2 is 1.76 bits per heavy atom. The highest BCUT2D eigenvalue weighted by Crippen LogP contribution is 2.35. The first-order chi connectivity index (χ1) is 19.9. The number of aryl methyl sites for hydroxylation is 1. The van der Waals surface area contributed by atoms with E-state index in [9.17, 15) is 4.79 Å². The van der Waals surface area contributed by atoms with Crippen LogP contribution in [0.5, 0.6) is 6.01 Å². The zero-order chi connectivity index (χ0) is 29.9. The summed E-state index contributed by atoms with van der Waals surface area (Å²) in [5.41, 5.74) is 13.0. The highest BCUT2D eigenvalue weighted by atomic mass is 16.5. The lowest BCUT2D eigenvalue weighted by molar-refractivity contribution is -0.127. The number of fused-ring (bicyclic) bond motifs is 1. The molecule has 220 valence electrons. The molecule has 0 spiro atoms. The molecule has 3 aliphatic rings. The SMILES string of the molecule is C#C.C=CC(=O)N1CCC(c2nc(OC)nc3c2CCN(c2c(C)ccc(N)c2C=N)CC3)CC1.CN1CCCC1. The number of hydrogen-bond acceptors (Lipinski definition) is 8. The van der Waals surface area contributed by atoms with Crippen LogP contribution in [0.2, 0.25) is 0 Å². The summed E-state index contributed by atoms with van der Waals surface area (Å²) in [7, 11) is 3.78. The van der Waals surface area contributed by atoms with Crippen LogP contribution in [0.3, 0.4) is 0 Å². The molecule has 41 heavy (non-hydrogen) atoms. The van der Waals surface area contributed by atoms with Gasteiger partial charge in [-0.3, -0.25) is 4.79 Å². The van der Waals surface area contributed by atoms with E-state index in [1.165, 1.54) is 43.8 Å². The van der Waals surface area contributed by atoms with Crippen LogP contribution in [0, 0.1) is 25.2 Å². The second-order valence-electron chi connectivity index (χ2n) is 10.7. The normalized spacial score (nSPS) is 17.2. The predicted molar refractivity (Wildman–Crippen MR) is 167 cm³/mol. The van der Waals surface area contributed by atoms with Crippen molar-refractivity contribution in [2.75, 3.05) is 64.1 Å². The van der Waals surface area contributed by atoms with E-state index in [0.29, 0.717) is 24.8 Å². The lowest BCUT2D eigenvalue weighted by Crippen LogP contribution is -2.37. The summed E-state index contributed by atoms with van der Waals surface area (Å²) in [6.07, 6.45) is 16.9. The molecule has 0 aliphatic carbocycles. The van der Waals surface area contributed by atoms with Crippen LogP contribution in [0.4, 0.5) is 11.4 Å². The fourth-order valence-corrected chi connectivity index (χ4v) is 5.94. The van der Waals surface area contributed by atoms with E-state index in [-0.39, 0.29) is 11.8 Å². The lowest BCUT2D eigenvalue weighted by atomic mass is 9.88.